The molecule has 0 radical (unpaired) electrons. The molecule has 2 aromatic carbocycles. The summed E-state index contributed by atoms with van der Waals surface area (Å²) in [5.41, 5.74) is 2.12. The monoisotopic (exact) mass is 398 g/mol. The maximum absolute atomic E-state index is 10.2. The van der Waals surface area contributed by atoms with E-state index in [9.17, 15) is 5.11 Å². The van der Waals surface area contributed by atoms with E-state index >= 15 is 0 Å². The topological polar surface area (TPSA) is 29.5 Å². The van der Waals surface area contributed by atoms with Crippen LogP contribution in [0.1, 0.15) is 23.7 Å². The van der Waals surface area contributed by atoms with Crippen LogP contribution in [-0.4, -0.2) is 12.2 Å². The lowest BCUT2D eigenvalue weighted by Gasteiger charge is -2.12. The number of aliphatic hydroxyl groups excluding tert-OH is 1. The molecular formula is C16H16Br2O2. The zero-order chi connectivity index (χ0) is 14.5. The number of benzene rings is 2. The van der Waals surface area contributed by atoms with Gasteiger partial charge in [0.2, 0.25) is 0 Å². The molecule has 2 rings (SSSR count). The van der Waals surface area contributed by atoms with E-state index in [1.54, 1.807) is 7.11 Å². The first-order chi connectivity index (χ1) is 9.60. The van der Waals surface area contributed by atoms with Crippen molar-refractivity contribution in [3.63, 3.8) is 0 Å². The summed E-state index contributed by atoms with van der Waals surface area (Å²) < 4.78 is 7.08. The van der Waals surface area contributed by atoms with Crippen LogP contribution >= 0.6 is 31.9 Å². The Morgan fingerprint density at radius 1 is 1.05 bits per heavy atom. The van der Waals surface area contributed by atoms with E-state index in [1.165, 1.54) is 5.56 Å². The molecule has 0 spiro atoms. The predicted octanol–water partition coefficient (Wildman–Crippen LogP) is 4.89. The highest BCUT2D eigenvalue weighted by Gasteiger charge is 2.09. The molecule has 106 valence electrons. The fourth-order valence-corrected chi connectivity index (χ4v) is 2.63. The lowest BCUT2D eigenvalue weighted by Crippen LogP contribution is -2.00. The average Bonchev–Trinajstić information content (AvgIpc) is 2.48. The minimum Gasteiger partial charge on any atom is -0.497 e. The maximum atomic E-state index is 10.2. The van der Waals surface area contributed by atoms with Crippen LogP contribution in [0.5, 0.6) is 5.75 Å². The molecule has 0 aromatic heterocycles. The van der Waals surface area contributed by atoms with E-state index in [-0.39, 0.29) is 0 Å². The van der Waals surface area contributed by atoms with Gasteiger partial charge in [0.25, 0.3) is 0 Å². The van der Waals surface area contributed by atoms with Crippen LogP contribution in [0.25, 0.3) is 0 Å². The van der Waals surface area contributed by atoms with Crippen LogP contribution in [0.2, 0.25) is 0 Å². The SMILES string of the molecule is COc1ccc(CCC(O)c2ccc(Br)c(Br)c2)cc1. The van der Waals surface area contributed by atoms with Crippen molar-refractivity contribution in [2.75, 3.05) is 7.11 Å². The van der Waals surface area contributed by atoms with Gasteiger partial charge in [0.05, 0.1) is 13.2 Å². The smallest absolute Gasteiger partial charge is 0.118 e. The van der Waals surface area contributed by atoms with E-state index in [0.717, 1.165) is 26.7 Å². The summed E-state index contributed by atoms with van der Waals surface area (Å²) in [7, 11) is 1.66. The third kappa shape index (κ3) is 4.08. The van der Waals surface area contributed by atoms with Crippen molar-refractivity contribution in [2.45, 2.75) is 18.9 Å². The highest BCUT2D eigenvalue weighted by Crippen LogP contribution is 2.28. The first-order valence-electron chi connectivity index (χ1n) is 6.36. The highest BCUT2D eigenvalue weighted by molar-refractivity contribution is 9.13. The molecule has 0 saturated carbocycles. The van der Waals surface area contributed by atoms with Gasteiger partial charge in [-0.3, -0.25) is 0 Å². The molecule has 2 aromatic rings. The van der Waals surface area contributed by atoms with Crippen molar-refractivity contribution in [1.82, 2.24) is 0 Å². The number of hydrogen-bond acceptors (Lipinski definition) is 2. The number of methoxy groups -OCH3 is 1. The Labute approximate surface area is 136 Å². The first-order valence-corrected chi connectivity index (χ1v) is 7.94. The number of hydrogen-bond donors (Lipinski definition) is 1. The number of halogens is 2. The van der Waals surface area contributed by atoms with Gasteiger partial charge in [-0.05, 0) is 80.1 Å². The summed E-state index contributed by atoms with van der Waals surface area (Å²) in [4.78, 5) is 0. The quantitative estimate of drug-likeness (QED) is 0.775. The summed E-state index contributed by atoms with van der Waals surface area (Å²) in [6.07, 6.45) is 1.07. The van der Waals surface area contributed by atoms with Crippen molar-refractivity contribution in [1.29, 1.82) is 0 Å². The molecule has 0 bridgehead atoms. The molecule has 0 saturated heterocycles. The van der Waals surface area contributed by atoms with E-state index in [1.807, 2.05) is 42.5 Å². The normalized spacial score (nSPS) is 12.2. The predicted molar refractivity (Wildman–Crippen MR) is 88.1 cm³/mol. The highest BCUT2D eigenvalue weighted by atomic mass is 79.9. The Bertz CT molecular complexity index is 567. The van der Waals surface area contributed by atoms with Gasteiger partial charge in [-0.2, -0.15) is 0 Å². The van der Waals surface area contributed by atoms with Gasteiger partial charge in [0.1, 0.15) is 5.75 Å². The van der Waals surface area contributed by atoms with E-state index in [2.05, 4.69) is 31.9 Å². The minimum absolute atomic E-state index is 0.457. The molecule has 0 amide bonds. The van der Waals surface area contributed by atoms with Gasteiger partial charge in [0, 0.05) is 8.95 Å². The lowest BCUT2D eigenvalue weighted by atomic mass is 10.0. The van der Waals surface area contributed by atoms with Crippen LogP contribution in [0, 0.1) is 0 Å². The van der Waals surface area contributed by atoms with Crippen molar-refractivity contribution in [3.05, 3.63) is 62.5 Å². The van der Waals surface area contributed by atoms with Crippen LogP contribution in [0.15, 0.2) is 51.4 Å². The molecule has 0 aliphatic rings. The Morgan fingerprint density at radius 2 is 1.75 bits per heavy atom. The van der Waals surface area contributed by atoms with Gasteiger partial charge in [0.15, 0.2) is 0 Å². The van der Waals surface area contributed by atoms with Crippen molar-refractivity contribution >= 4 is 31.9 Å². The summed E-state index contributed by atoms with van der Waals surface area (Å²) in [6.45, 7) is 0. The number of aliphatic hydroxyl groups is 1. The zero-order valence-corrected chi connectivity index (χ0v) is 14.3. The van der Waals surface area contributed by atoms with Crippen LogP contribution in [-0.2, 0) is 6.42 Å². The van der Waals surface area contributed by atoms with Crippen LogP contribution in [0.3, 0.4) is 0 Å². The fourth-order valence-electron chi connectivity index (χ4n) is 1.98. The van der Waals surface area contributed by atoms with Crippen molar-refractivity contribution < 1.29 is 9.84 Å². The number of aryl methyl sites for hydroxylation is 1. The maximum Gasteiger partial charge on any atom is 0.118 e. The minimum atomic E-state index is -0.457. The average molecular weight is 400 g/mol. The zero-order valence-electron chi connectivity index (χ0n) is 11.1. The molecule has 2 nitrogen and oxygen atoms in total. The van der Waals surface area contributed by atoms with Gasteiger partial charge in [-0.1, -0.05) is 18.2 Å². The lowest BCUT2D eigenvalue weighted by molar-refractivity contribution is 0.168. The van der Waals surface area contributed by atoms with Crippen LogP contribution < -0.4 is 4.74 Å². The molecular weight excluding hydrogens is 384 g/mol. The third-order valence-corrected chi connectivity index (χ3v) is 5.07. The van der Waals surface area contributed by atoms with Gasteiger partial charge in [-0.15, -0.1) is 0 Å². The van der Waals surface area contributed by atoms with Gasteiger partial charge < -0.3 is 9.84 Å². The molecule has 20 heavy (non-hydrogen) atoms. The molecule has 0 aliphatic carbocycles. The van der Waals surface area contributed by atoms with Crippen LogP contribution in [0.4, 0.5) is 0 Å². The molecule has 0 fully saturated rings. The second-order valence-corrected chi connectivity index (χ2v) is 6.28. The Kier molecular flexibility index (Phi) is 5.64. The largest absolute Gasteiger partial charge is 0.497 e. The summed E-state index contributed by atoms with van der Waals surface area (Å²) in [6, 6.07) is 13.8. The molecule has 1 unspecified atom stereocenters. The van der Waals surface area contributed by atoms with E-state index in [0.29, 0.717) is 6.42 Å². The first kappa shape index (κ1) is 15.5. The molecule has 0 aliphatic heterocycles. The number of rotatable bonds is 5. The number of ether oxygens (including phenoxy) is 1. The second-order valence-electron chi connectivity index (χ2n) is 4.58. The molecule has 4 heteroatoms. The summed E-state index contributed by atoms with van der Waals surface area (Å²) in [5.74, 6) is 0.853. The molecule has 1 atom stereocenters. The second kappa shape index (κ2) is 7.25. The Balaban J connectivity index is 1.96. The Hall–Kier alpha value is -0.840. The standard InChI is InChI=1S/C16H16Br2O2/c1-20-13-6-2-11(3-7-13)4-9-16(19)12-5-8-14(17)15(18)10-12/h2-3,5-8,10,16,19H,4,9H2,1H3. The molecule has 0 heterocycles. The van der Waals surface area contributed by atoms with E-state index in [4.69, 9.17) is 4.74 Å². The Morgan fingerprint density at radius 3 is 2.35 bits per heavy atom. The van der Waals surface area contributed by atoms with Crippen molar-refractivity contribution in [3.8, 4) is 5.75 Å². The van der Waals surface area contributed by atoms with E-state index < -0.39 is 6.10 Å². The molecule has 1 N–H and O–H groups in total. The van der Waals surface area contributed by atoms with Crippen molar-refractivity contribution in [2.24, 2.45) is 0 Å². The summed E-state index contributed by atoms with van der Waals surface area (Å²) >= 11 is 6.88. The summed E-state index contributed by atoms with van der Waals surface area (Å²) in [5, 5.41) is 10.2. The van der Waals surface area contributed by atoms with Gasteiger partial charge in [-0.25, -0.2) is 0 Å². The third-order valence-electron chi connectivity index (χ3n) is 3.19. The fraction of sp³-hybridized carbons (Fsp3) is 0.250. The van der Waals surface area contributed by atoms with Gasteiger partial charge >= 0.3 is 0 Å².